The van der Waals surface area contributed by atoms with Gasteiger partial charge in [-0.2, -0.15) is 0 Å². The van der Waals surface area contributed by atoms with Crippen molar-refractivity contribution in [1.29, 1.82) is 0 Å². The van der Waals surface area contributed by atoms with Gasteiger partial charge in [0.15, 0.2) is 0 Å². The largest absolute Gasteiger partial charge is 0.496 e. The SMILES string of the molecule is CNc1cc(C(=O)N(C)Cc2ccccc2OC)ccn1. The first-order valence-electron chi connectivity index (χ1n) is 6.67. The summed E-state index contributed by atoms with van der Waals surface area (Å²) in [6, 6.07) is 11.1. The van der Waals surface area contributed by atoms with E-state index in [9.17, 15) is 4.79 Å². The summed E-state index contributed by atoms with van der Waals surface area (Å²) in [6.45, 7) is 0.486. The van der Waals surface area contributed by atoms with E-state index in [1.54, 1.807) is 44.4 Å². The van der Waals surface area contributed by atoms with Crippen LogP contribution in [0.4, 0.5) is 5.82 Å². The number of hydrogen-bond acceptors (Lipinski definition) is 4. The van der Waals surface area contributed by atoms with Crippen molar-refractivity contribution in [1.82, 2.24) is 9.88 Å². The van der Waals surface area contributed by atoms with Crippen LogP contribution in [0.15, 0.2) is 42.6 Å². The number of aromatic nitrogens is 1. The fraction of sp³-hybridized carbons (Fsp3) is 0.250. The highest BCUT2D eigenvalue weighted by Crippen LogP contribution is 2.19. The van der Waals surface area contributed by atoms with E-state index in [1.807, 2.05) is 24.3 Å². The summed E-state index contributed by atoms with van der Waals surface area (Å²) in [5.41, 5.74) is 1.57. The molecule has 5 nitrogen and oxygen atoms in total. The summed E-state index contributed by atoms with van der Waals surface area (Å²) in [5, 5.41) is 2.93. The first-order chi connectivity index (χ1) is 10.2. The lowest BCUT2D eigenvalue weighted by atomic mass is 10.1. The van der Waals surface area contributed by atoms with E-state index in [-0.39, 0.29) is 5.91 Å². The molecule has 0 fully saturated rings. The Morgan fingerprint density at radius 2 is 2.10 bits per heavy atom. The Balaban J connectivity index is 2.15. The standard InChI is InChI=1S/C16H19N3O2/c1-17-15-10-12(8-9-18-15)16(20)19(2)11-13-6-4-5-7-14(13)21-3/h4-10H,11H2,1-3H3,(H,17,18). The Bertz CT molecular complexity index is 628. The van der Waals surface area contributed by atoms with E-state index in [1.165, 1.54) is 0 Å². The van der Waals surface area contributed by atoms with Crippen LogP contribution in [0.2, 0.25) is 0 Å². The van der Waals surface area contributed by atoms with Crippen molar-refractivity contribution in [3.05, 3.63) is 53.7 Å². The molecule has 1 N–H and O–H groups in total. The Hall–Kier alpha value is -2.56. The minimum absolute atomic E-state index is 0.0557. The number of para-hydroxylation sites is 1. The summed E-state index contributed by atoms with van der Waals surface area (Å²) in [4.78, 5) is 18.2. The summed E-state index contributed by atoms with van der Waals surface area (Å²) in [7, 11) is 5.17. The monoisotopic (exact) mass is 285 g/mol. The molecule has 0 aliphatic carbocycles. The van der Waals surface area contributed by atoms with E-state index in [0.717, 1.165) is 11.3 Å². The van der Waals surface area contributed by atoms with Crippen LogP contribution in [0.25, 0.3) is 0 Å². The Morgan fingerprint density at radius 3 is 2.81 bits per heavy atom. The third kappa shape index (κ3) is 3.51. The lowest BCUT2D eigenvalue weighted by molar-refractivity contribution is 0.0784. The average Bonchev–Trinajstić information content (AvgIpc) is 2.54. The quantitative estimate of drug-likeness (QED) is 0.916. The Kier molecular flexibility index (Phi) is 4.77. The first-order valence-corrected chi connectivity index (χ1v) is 6.67. The smallest absolute Gasteiger partial charge is 0.254 e. The van der Waals surface area contributed by atoms with Crippen LogP contribution >= 0.6 is 0 Å². The molecule has 0 spiro atoms. The van der Waals surface area contributed by atoms with Crippen LogP contribution in [0.5, 0.6) is 5.75 Å². The fourth-order valence-corrected chi connectivity index (χ4v) is 2.08. The van der Waals surface area contributed by atoms with Gasteiger partial charge in [0.1, 0.15) is 11.6 Å². The predicted octanol–water partition coefficient (Wildman–Crippen LogP) is 2.40. The van der Waals surface area contributed by atoms with Crippen molar-refractivity contribution in [2.24, 2.45) is 0 Å². The number of ether oxygens (including phenoxy) is 1. The Morgan fingerprint density at radius 1 is 1.33 bits per heavy atom. The second-order valence-corrected chi connectivity index (χ2v) is 4.65. The second kappa shape index (κ2) is 6.74. The fourth-order valence-electron chi connectivity index (χ4n) is 2.08. The number of carbonyl (C=O) groups excluding carboxylic acids is 1. The topological polar surface area (TPSA) is 54.5 Å². The molecule has 0 atom stereocenters. The van der Waals surface area contributed by atoms with Crippen molar-refractivity contribution < 1.29 is 9.53 Å². The van der Waals surface area contributed by atoms with Crippen molar-refractivity contribution >= 4 is 11.7 Å². The second-order valence-electron chi connectivity index (χ2n) is 4.65. The van der Waals surface area contributed by atoms with E-state index in [0.29, 0.717) is 17.9 Å². The minimum Gasteiger partial charge on any atom is -0.496 e. The van der Waals surface area contributed by atoms with Gasteiger partial charge in [-0.25, -0.2) is 4.98 Å². The van der Waals surface area contributed by atoms with Gasteiger partial charge in [0, 0.05) is 38.0 Å². The highest BCUT2D eigenvalue weighted by molar-refractivity contribution is 5.94. The molecule has 5 heteroatoms. The Labute approximate surface area is 124 Å². The molecule has 2 rings (SSSR count). The zero-order chi connectivity index (χ0) is 15.2. The highest BCUT2D eigenvalue weighted by Gasteiger charge is 2.14. The average molecular weight is 285 g/mol. The van der Waals surface area contributed by atoms with Gasteiger partial charge >= 0.3 is 0 Å². The summed E-state index contributed by atoms with van der Waals surface area (Å²) in [6.07, 6.45) is 1.62. The number of benzene rings is 1. The van der Waals surface area contributed by atoms with Crippen molar-refractivity contribution in [2.75, 3.05) is 26.5 Å². The molecular weight excluding hydrogens is 266 g/mol. The zero-order valence-corrected chi connectivity index (χ0v) is 12.5. The van der Waals surface area contributed by atoms with Crippen LogP contribution < -0.4 is 10.1 Å². The third-order valence-electron chi connectivity index (χ3n) is 3.21. The molecular formula is C16H19N3O2. The minimum atomic E-state index is -0.0557. The van der Waals surface area contributed by atoms with Crippen LogP contribution in [0, 0.1) is 0 Å². The maximum atomic E-state index is 12.4. The number of nitrogens with one attached hydrogen (secondary N) is 1. The van der Waals surface area contributed by atoms with Crippen LogP contribution in [-0.4, -0.2) is 37.0 Å². The number of methoxy groups -OCH3 is 1. The van der Waals surface area contributed by atoms with Gasteiger partial charge in [0.2, 0.25) is 0 Å². The zero-order valence-electron chi connectivity index (χ0n) is 12.5. The van der Waals surface area contributed by atoms with Crippen LogP contribution in [0.3, 0.4) is 0 Å². The van der Waals surface area contributed by atoms with Crippen molar-refractivity contribution in [3.8, 4) is 5.75 Å². The molecule has 0 radical (unpaired) electrons. The number of rotatable bonds is 5. The summed E-state index contributed by atoms with van der Waals surface area (Å²) >= 11 is 0. The van der Waals surface area contributed by atoms with Gasteiger partial charge in [-0.3, -0.25) is 4.79 Å². The third-order valence-corrected chi connectivity index (χ3v) is 3.21. The number of anilines is 1. The molecule has 2 aromatic rings. The lowest BCUT2D eigenvalue weighted by Crippen LogP contribution is -2.26. The molecule has 110 valence electrons. The first kappa shape index (κ1) is 14.8. The number of amides is 1. The van der Waals surface area contributed by atoms with Gasteiger partial charge in [0.25, 0.3) is 5.91 Å². The number of pyridine rings is 1. The molecule has 0 saturated carbocycles. The molecule has 1 heterocycles. The van der Waals surface area contributed by atoms with E-state index in [2.05, 4.69) is 10.3 Å². The van der Waals surface area contributed by atoms with Gasteiger partial charge in [-0.15, -0.1) is 0 Å². The molecule has 0 unspecified atom stereocenters. The van der Waals surface area contributed by atoms with Gasteiger partial charge in [0.05, 0.1) is 7.11 Å². The van der Waals surface area contributed by atoms with E-state index >= 15 is 0 Å². The molecule has 0 aliphatic heterocycles. The van der Waals surface area contributed by atoms with Gasteiger partial charge in [-0.05, 0) is 18.2 Å². The van der Waals surface area contributed by atoms with E-state index < -0.39 is 0 Å². The maximum absolute atomic E-state index is 12.4. The lowest BCUT2D eigenvalue weighted by Gasteiger charge is -2.19. The van der Waals surface area contributed by atoms with Crippen molar-refractivity contribution in [3.63, 3.8) is 0 Å². The normalized spacial score (nSPS) is 10.0. The highest BCUT2D eigenvalue weighted by atomic mass is 16.5. The summed E-state index contributed by atoms with van der Waals surface area (Å²) in [5.74, 6) is 1.40. The predicted molar refractivity (Wildman–Crippen MR) is 82.6 cm³/mol. The molecule has 0 aliphatic rings. The van der Waals surface area contributed by atoms with Gasteiger partial charge < -0.3 is 15.0 Å². The number of hydrogen-bond donors (Lipinski definition) is 1. The summed E-state index contributed by atoms with van der Waals surface area (Å²) < 4.78 is 5.31. The maximum Gasteiger partial charge on any atom is 0.254 e. The van der Waals surface area contributed by atoms with Crippen LogP contribution in [-0.2, 0) is 6.54 Å². The molecule has 0 bridgehead atoms. The molecule has 1 amide bonds. The molecule has 1 aromatic heterocycles. The van der Waals surface area contributed by atoms with E-state index in [4.69, 9.17) is 4.74 Å². The molecule has 1 aromatic carbocycles. The molecule has 21 heavy (non-hydrogen) atoms. The number of nitrogens with zero attached hydrogens (tertiary/aromatic N) is 2. The number of carbonyl (C=O) groups is 1. The van der Waals surface area contributed by atoms with Crippen LogP contribution in [0.1, 0.15) is 15.9 Å². The molecule has 0 saturated heterocycles. The van der Waals surface area contributed by atoms with Gasteiger partial charge in [-0.1, -0.05) is 18.2 Å². The van der Waals surface area contributed by atoms with Crippen molar-refractivity contribution in [2.45, 2.75) is 6.54 Å².